The molecule has 5 nitrogen and oxygen atoms in total. The zero-order chi connectivity index (χ0) is 12.3. The molecule has 3 amide bonds. The fourth-order valence-electron chi connectivity index (χ4n) is 1.28. The van der Waals surface area contributed by atoms with Crippen molar-refractivity contribution in [3.63, 3.8) is 0 Å². The van der Waals surface area contributed by atoms with Gasteiger partial charge in [-0.2, -0.15) is 0 Å². The third kappa shape index (κ3) is 3.35. The molecule has 0 saturated heterocycles. The van der Waals surface area contributed by atoms with E-state index in [2.05, 4.69) is 16.2 Å². The van der Waals surface area contributed by atoms with Crippen molar-refractivity contribution in [2.45, 2.75) is 18.9 Å². The third-order valence-electron chi connectivity index (χ3n) is 2.32. The number of nitrogens with one attached hydrogen (secondary N) is 3. The maximum atomic E-state index is 11.6. The minimum absolute atomic E-state index is 0.243. The number of halogens is 1. The molecule has 3 N–H and O–H groups in total. The molecular formula is C11H12ClN3O2. The number of carbonyl (C=O) groups is 2. The molecule has 90 valence electrons. The first kappa shape index (κ1) is 11.7. The summed E-state index contributed by atoms with van der Waals surface area (Å²) in [5, 5.41) is 3.02. The van der Waals surface area contributed by atoms with Crippen LogP contribution in [0.3, 0.4) is 0 Å². The average Bonchev–Trinajstić information content (AvgIpc) is 3.10. The van der Waals surface area contributed by atoms with Crippen molar-refractivity contribution in [2.75, 3.05) is 0 Å². The normalized spacial score (nSPS) is 13.9. The van der Waals surface area contributed by atoms with Gasteiger partial charge in [-0.15, -0.1) is 0 Å². The topological polar surface area (TPSA) is 70.2 Å². The lowest BCUT2D eigenvalue weighted by molar-refractivity contribution is 0.0936. The predicted octanol–water partition coefficient (Wildman–Crippen LogP) is 1.45. The monoisotopic (exact) mass is 253 g/mol. The molecule has 6 heteroatoms. The molecule has 1 aromatic carbocycles. The van der Waals surface area contributed by atoms with Crippen LogP contribution in [-0.2, 0) is 0 Å². The van der Waals surface area contributed by atoms with Crippen molar-refractivity contribution in [2.24, 2.45) is 0 Å². The van der Waals surface area contributed by atoms with Gasteiger partial charge in [0.1, 0.15) is 0 Å². The Bertz CT molecular complexity index is 446. The molecule has 1 aliphatic rings. The van der Waals surface area contributed by atoms with Gasteiger partial charge in [-0.25, -0.2) is 10.2 Å². The molecule has 0 spiro atoms. The van der Waals surface area contributed by atoms with E-state index < -0.39 is 11.9 Å². The van der Waals surface area contributed by atoms with Crippen LogP contribution in [0, 0.1) is 0 Å². The van der Waals surface area contributed by atoms with E-state index in [1.54, 1.807) is 24.3 Å². The van der Waals surface area contributed by atoms with E-state index in [-0.39, 0.29) is 6.04 Å². The maximum absolute atomic E-state index is 11.6. The van der Waals surface area contributed by atoms with Gasteiger partial charge in [0.2, 0.25) is 0 Å². The second-order valence-electron chi connectivity index (χ2n) is 3.81. The summed E-state index contributed by atoms with van der Waals surface area (Å²) in [5.41, 5.74) is 4.88. The number of hydrazine groups is 1. The summed E-state index contributed by atoms with van der Waals surface area (Å²) in [6.45, 7) is 0. The molecule has 0 atom stereocenters. The highest BCUT2D eigenvalue weighted by molar-refractivity contribution is 6.33. The van der Waals surface area contributed by atoms with Crippen LogP contribution < -0.4 is 16.2 Å². The smallest absolute Gasteiger partial charge is 0.333 e. The number of benzene rings is 1. The molecule has 1 saturated carbocycles. The Hall–Kier alpha value is -1.75. The predicted molar refractivity (Wildman–Crippen MR) is 63.6 cm³/mol. The van der Waals surface area contributed by atoms with Crippen molar-refractivity contribution in [3.05, 3.63) is 34.9 Å². The molecule has 1 aromatic rings. The highest BCUT2D eigenvalue weighted by atomic mass is 35.5. The quantitative estimate of drug-likeness (QED) is 0.698. The zero-order valence-electron chi connectivity index (χ0n) is 9.00. The fraction of sp³-hybridized carbons (Fsp3) is 0.273. The highest BCUT2D eigenvalue weighted by Crippen LogP contribution is 2.18. The van der Waals surface area contributed by atoms with E-state index >= 15 is 0 Å². The Kier molecular flexibility index (Phi) is 3.49. The summed E-state index contributed by atoms with van der Waals surface area (Å²) >= 11 is 5.84. The lowest BCUT2D eigenvalue weighted by Gasteiger charge is -2.08. The summed E-state index contributed by atoms with van der Waals surface area (Å²) in [5.74, 6) is -0.443. The van der Waals surface area contributed by atoms with Gasteiger partial charge >= 0.3 is 6.03 Å². The Morgan fingerprint density at radius 2 is 1.88 bits per heavy atom. The Morgan fingerprint density at radius 3 is 2.53 bits per heavy atom. The molecule has 0 aliphatic heterocycles. The second kappa shape index (κ2) is 5.05. The fourth-order valence-corrected chi connectivity index (χ4v) is 1.50. The highest BCUT2D eigenvalue weighted by Gasteiger charge is 2.23. The minimum Gasteiger partial charge on any atom is -0.334 e. The first-order valence-corrected chi connectivity index (χ1v) is 5.66. The van der Waals surface area contributed by atoms with Crippen molar-refractivity contribution in [1.29, 1.82) is 0 Å². The molecule has 0 unspecified atom stereocenters. The summed E-state index contributed by atoms with van der Waals surface area (Å²) < 4.78 is 0. The van der Waals surface area contributed by atoms with Crippen LogP contribution in [0.25, 0.3) is 0 Å². The van der Waals surface area contributed by atoms with Gasteiger partial charge in [0.05, 0.1) is 10.6 Å². The van der Waals surface area contributed by atoms with Crippen LogP contribution in [0.2, 0.25) is 5.02 Å². The van der Waals surface area contributed by atoms with Gasteiger partial charge < -0.3 is 5.32 Å². The number of hydrogen-bond donors (Lipinski definition) is 3. The molecule has 0 heterocycles. The van der Waals surface area contributed by atoms with Crippen molar-refractivity contribution in [1.82, 2.24) is 16.2 Å². The first-order valence-electron chi connectivity index (χ1n) is 5.28. The summed E-state index contributed by atoms with van der Waals surface area (Å²) in [6, 6.07) is 6.45. The third-order valence-corrected chi connectivity index (χ3v) is 2.65. The molecule has 1 fully saturated rings. The van der Waals surface area contributed by atoms with Crippen molar-refractivity contribution >= 4 is 23.5 Å². The lowest BCUT2D eigenvalue weighted by atomic mass is 10.2. The van der Waals surface area contributed by atoms with Crippen LogP contribution in [0.15, 0.2) is 24.3 Å². The first-order chi connectivity index (χ1) is 8.16. The number of urea groups is 1. The van der Waals surface area contributed by atoms with E-state index in [1.807, 2.05) is 0 Å². The summed E-state index contributed by atoms with van der Waals surface area (Å²) in [4.78, 5) is 22.9. The molecule has 2 rings (SSSR count). The second-order valence-corrected chi connectivity index (χ2v) is 4.21. The van der Waals surface area contributed by atoms with Gasteiger partial charge in [-0.05, 0) is 25.0 Å². The molecule has 17 heavy (non-hydrogen) atoms. The molecule has 0 radical (unpaired) electrons. The van der Waals surface area contributed by atoms with Crippen molar-refractivity contribution < 1.29 is 9.59 Å². The zero-order valence-corrected chi connectivity index (χ0v) is 9.75. The minimum atomic E-state index is -0.443. The lowest BCUT2D eigenvalue weighted by Crippen LogP contribution is -2.47. The Labute approximate surface area is 103 Å². The average molecular weight is 254 g/mol. The van der Waals surface area contributed by atoms with Crippen LogP contribution in [0.5, 0.6) is 0 Å². The van der Waals surface area contributed by atoms with E-state index in [9.17, 15) is 9.59 Å². The Balaban J connectivity index is 1.84. The maximum Gasteiger partial charge on any atom is 0.333 e. The summed E-state index contributed by atoms with van der Waals surface area (Å²) in [6.07, 6.45) is 1.98. The van der Waals surface area contributed by atoms with Gasteiger partial charge in [0.15, 0.2) is 0 Å². The summed E-state index contributed by atoms with van der Waals surface area (Å²) in [7, 11) is 0. The van der Waals surface area contributed by atoms with Crippen LogP contribution in [0.4, 0.5) is 4.79 Å². The van der Waals surface area contributed by atoms with Gasteiger partial charge in [-0.1, -0.05) is 23.7 Å². The molecular weight excluding hydrogens is 242 g/mol. The van der Waals surface area contributed by atoms with Gasteiger partial charge in [-0.3, -0.25) is 10.2 Å². The van der Waals surface area contributed by atoms with Gasteiger partial charge in [0, 0.05) is 6.04 Å². The molecule has 0 bridgehead atoms. The largest absolute Gasteiger partial charge is 0.334 e. The van der Waals surface area contributed by atoms with E-state index in [4.69, 9.17) is 11.6 Å². The van der Waals surface area contributed by atoms with Gasteiger partial charge in [0.25, 0.3) is 5.91 Å². The number of rotatable bonds is 2. The van der Waals surface area contributed by atoms with Crippen LogP contribution in [0.1, 0.15) is 23.2 Å². The molecule has 0 aromatic heterocycles. The number of hydrogen-bond acceptors (Lipinski definition) is 2. The Morgan fingerprint density at radius 1 is 1.18 bits per heavy atom. The SMILES string of the molecule is O=C(NNC(=O)c1ccccc1Cl)NC1CC1. The standard InChI is InChI=1S/C11H12ClN3O2/c12-9-4-2-1-3-8(9)10(16)14-15-11(17)13-7-5-6-7/h1-4,7H,5-6H2,(H,14,16)(H2,13,15,17). The van der Waals surface area contributed by atoms with Crippen molar-refractivity contribution in [3.8, 4) is 0 Å². The molecule has 1 aliphatic carbocycles. The van der Waals surface area contributed by atoms with Crippen LogP contribution >= 0.6 is 11.6 Å². The van der Waals surface area contributed by atoms with E-state index in [0.717, 1.165) is 12.8 Å². The van der Waals surface area contributed by atoms with Crippen LogP contribution in [-0.4, -0.2) is 18.0 Å². The number of amides is 3. The number of carbonyl (C=O) groups excluding carboxylic acids is 2. The van der Waals surface area contributed by atoms with E-state index in [0.29, 0.717) is 10.6 Å². The van der Waals surface area contributed by atoms with E-state index in [1.165, 1.54) is 0 Å².